The summed E-state index contributed by atoms with van der Waals surface area (Å²) in [6.07, 6.45) is 1.04. The van der Waals surface area contributed by atoms with E-state index in [0.717, 1.165) is 11.4 Å². The first kappa shape index (κ1) is 22.5. The molecule has 0 radical (unpaired) electrons. The van der Waals surface area contributed by atoms with Gasteiger partial charge in [0.05, 0.1) is 0 Å². The molecule has 2 aromatic carbocycles. The molecule has 8 heteroatoms. The van der Waals surface area contributed by atoms with Crippen molar-refractivity contribution in [3.63, 3.8) is 0 Å². The molecule has 168 valence electrons. The first-order chi connectivity index (χ1) is 15.4. The molecule has 0 bridgehead atoms. The van der Waals surface area contributed by atoms with E-state index in [1.807, 2.05) is 42.5 Å². The molecule has 2 heterocycles. The highest BCUT2D eigenvalue weighted by molar-refractivity contribution is 7.91. The number of benzene rings is 2. The predicted octanol–water partition coefficient (Wildman–Crippen LogP) is 4.96. The summed E-state index contributed by atoms with van der Waals surface area (Å²) in [4.78, 5) is 12.7. The third kappa shape index (κ3) is 5.20. The SMILES string of the molecule is CC(Nc1ccc(NC(=O)C2CCN(S(=O)(=O)c3cccs3)CC2)cc1)c1ccccc1. The van der Waals surface area contributed by atoms with E-state index in [2.05, 4.69) is 29.7 Å². The molecule has 1 fully saturated rings. The van der Waals surface area contributed by atoms with Gasteiger partial charge in [0.25, 0.3) is 10.0 Å². The summed E-state index contributed by atoms with van der Waals surface area (Å²) in [5.74, 6) is -0.253. The molecule has 1 atom stereocenters. The molecule has 0 saturated carbocycles. The molecule has 0 aliphatic carbocycles. The van der Waals surface area contributed by atoms with Crippen LogP contribution in [0.4, 0.5) is 11.4 Å². The lowest BCUT2D eigenvalue weighted by Crippen LogP contribution is -2.41. The zero-order valence-corrected chi connectivity index (χ0v) is 19.5. The predicted molar refractivity (Wildman–Crippen MR) is 129 cm³/mol. The topological polar surface area (TPSA) is 78.5 Å². The molecule has 6 nitrogen and oxygen atoms in total. The number of sulfonamides is 1. The molecule has 1 aromatic heterocycles. The van der Waals surface area contributed by atoms with Gasteiger partial charge in [0.2, 0.25) is 5.91 Å². The van der Waals surface area contributed by atoms with Gasteiger partial charge in [-0.1, -0.05) is 36.4 Å². The Labute approximate surface area is 193 Å². The second kappa shape index (κ2) is 9.85. The highest BCUT2D eigenvalue weighted by Crippen LogP contribution is 2.27. The van der Waals surface area contributed by atoms with Crippen molar-refractivity contribution < 1.29 is 13.2 Å². The van der Waals surface area contributed by atoms with Crippen LogP contribution in [-0.2, 0) is 14.8 Å². The second-order valence-electron chi connectivity index (χ2n) is 7.95. The van der Waals surface area contributed by atoms with Gasteiger partial charge in [-0.25, -0.2) is 8.42 Å². The lowest BCUT2D eigenvalue weighted by Gasteiger charge is -2.30. The molecule has 1 unspecified atom stereocenters. The van der Waals surface area contributed by atoms with Crippen LogP contribution >= 0.6 is 11.3 Å². The molecule has 1 aliphatic rings. The lowest BCUT2D eigenvalue weighted by atomic mass is 9.97. The third-order valence-electron chi connectivity index (χ3n) is 5.75. The van der Waals surface area contributed by atoms with Crippen LogP contribution in [-0.4, -0.2) is 31.7 Å². The fourth-order valence-corrected chi connectivity index (χ4v) is 6.48. The summed E-state index contributed by atoms with van der Waals surface area (Å²) in [7, 11) is -3.45. The summed E-state index contributed by atoms with van der Waals surface area (Å²) in [5.41, 5.74) is 2.92. The van der Waals surface area contributed by atoms with E-state index in [1.54, 1.807) is 17.5 Å². The number of hydrogen-bond acceptors (Lipinski definition) is 5. The van der Waals surface area contributed by atoms with E-state index >= 15 is 0 Å². The Hall–Kier alpha value is -2.68. The number of nitrogens with zero attached hydrogens (tertiary/aromatic N) is 1. The van der Waals surface area contributed by atoms with Crippen molar-refractivity contribution in [2.75, 3.05) is 23.7 Å². The second-order valence-corrected chi connectivity index (χ2v) is 11.1. The minimum atomic E-state index is -3.45. The van der Waals surface area contributed by atoms with Gasteiger partial charge >= 0.3 is 0 Å². The quantitative estimate of drug-likeness (QED) is 0.513. The van der Waals surface area contributed by atoms with Gasteiger partial charge < -0.3 is 10.6 Å². The van der Waals surface area contributed by atoms with Crippen molar-refractivity contribution in [3.8, 4) is 0 Å². The van der Waals surface area contributed by atoms with Gasteiger partial charge in [-0.15, -0.1) is 11.3 Å². The van der Waals surface area contributed by atoms with Gasteiger partial charge in [0.1, 0.15) is 4.21 Å². The smallest absolute Gasteiger partial charge is 0.252 e. The number of hydrogen-bond donors (Lipinski definition) is 2. The van der Waals surface area contributed by atoms with E-state index in [9.17, 15) is 13.2 Å². The Morgan fingerprint density at radius 1 is 0.969 bits per heavy atom. The minimum absolute atomic E-state index is 0.0588. The number of piperidine rings is 1. The summed E-state index contributed by atoms with van der Waals surface area (Å²) < 4.78 is 27.1. The number of carbonyl (C=O) groups is 1. The molecule has 1 saturated heterocycles. The van der Waals surface area contributed by atoms with Crippen LogP contribution in [0.25, 0.3) is 0 Å². The molecule has 3 aromatic rings. The van der Waals surface area contributed by atoms with Crippen LogP contribution in [0.15, 0.2) is 76.3 Å². The van der Waals surface area contributed by atoms with Gasteiger partial charge in [0.15, 0.2) is 0 Å². The van der Waals surface area contributed by atoms with Crippen molar-refractivity contribution in [2.24, 2.45) is 5.92 Å². The largest absolute Gasteiger partial charge is 0.379 e. The van der Waals surface area contributed by atoms with Gasteiger partial charge in [-0.3, -0.25) is 4.79 Å². The zero-order valence-electron chi connectivity index (χ0n) is 17.9. The zero-order chi connectivity index (χ0) is 22.6. The normalized spacial score (nSPS) is 16.4. The van der Waals surface area contributed by atoms with Crippen LogP contribution in [0.2, 0.25) is 0 Å². The maximum absolute atomic E-state index is 12.7. The number of amides is 1. The van der Waals surface area contributed by atoms with Gasteiger partial charge in [0, 0.05) is 36.4 Å². The number of nitrogens with one attached hydrogen (secondary N) is 2. The monoisotopic (exact) mass is 469 g/mol. The first-order valence-corrected chi connectivity index (χ1v) is 13.0. The van der Waals surface area contributed by atoms with E-state index < -0.39 is 10.0 Å². The number of anilines is 2. The summed E-state index contributed by atoms with van der Waals surface area (Å²) in [6.45, 7) is 2.83. The van der Waals surface area contributed by atoms with E-state index in [-0.39, 0.29) is 17.9 Å². The average Bonchev–Trinajstić information content (AvgIpc) is 3.37. The summed E-state index contributed by atoms with van der Waals surface area (Å²) in [5, 5.41) is 8.19. The highest BCUT2D eigenvalue weighted by Gasteiger charge is 2.32. The maximum atomic E-state index is 12.7. The van der Waals surface area contributed by atoms with E-state index in [0.29, 0.717) is 30.1 Å². The Balaban J connectivity index is 1.29. The average molecular weight is 470 g/mol. The molecule has 4 rings (SSSR count). The summed E-state index contributed by atoms with van der Waals surface area (Å²) in [6, 6.07) is 21.4. The number of rotatable bonds is 7. The number of thiophene rings is 1. The van der Waals surface area contributed by atoms with Crippen LogP contribution in [0, 0.1) is 5.92 Å². The Kier molecular flexibility index (Phi) is 6.93. The Morgan fingerprint density at radius 2 is 1.62 bits per heavy atom. The van der Waals surface area contributed by atoms with Crippen molar-refractivity contribution in [2.45, 2.75) is 30.0 Å². The molecule has 0 spiro atoms. The molecular weight excluding hydrogens is 442 g/mol. The molecular formula is C24H27N3O3S2. The fourth-order valence-electron chi connectivity index (χ4n) is 3.87. The van der Waals surface area contributed by atoms with Crippen molar-refractivity contribution >= 4 is 38.6 Å². The van der Waals surface area contributed by atoms with Crippen LogP contribution in [0.3, 0.4) is 0 Å². The Bertz CT molecular complexity index is 1120. The third-order valence-corrected chi connectivity index (χ3v) is 9.02. The molecule has 2 N–H and O–H groups in total. The van der Waals surface area contributed by atoms with Crippen molar-refractivity contribution in [1.29, 1.82) is 0 Å². The van der Waals surface area contributed by atoms with E-state index in [1.165, 1.54) is 21.2 Å². The standard InChI is InChI=1S/C24H27N3O3S2/c1-18(19-6-3-2-4-7-19)25-21-9-11-22(12-10-21)26-24(28)20-13-15-27(16-14-20)32(29,30)23-8-5-17-31-23/h2-12,17-18,20,25H,13-16H2,1H3,(H,26,28). The first-order valence-electron chi connectivity index (χ1n) is 10.7. The van der Waals surface area contributed by atoms with Crippen LogP contribution in [0.5, 0.6) is 0 Å². The Morgan fingerprint density at radius 3 is 2.25 bits per heavy atom. The maximum Gasteiger partial charge on any atom is 0.252 e. The fraction of sp³-hybridized carbons (Fsp3) is 0.292. The highest BCUT2D eigenvalue weighted by atomic mass is 32.2. The molecule has 32 heavy (non-hydrogen) atoms. The molecule has 1 aliphatic heterocycles. The number of carbonyl (C=O) groups excluding carboxylic acids is 1. The van der Waals surface area contributed by atoms with Gasteiger partial charge in [-0.2, -0.15) is 4.31 Å². The summed E-state index contributed by atoms with van der Waals surface area (Å²) >= 11 is 1.22. The van der Waals surface area contributed by atoms with Crippen molar-refractivity contribution in [3.05, 3.63) is 77.7 Å². The molecule has 1 amide bonds. The lowest BCUT2D eigenvalue weighted by molar-refractivity contribution is -0.120. The van der Waals surface area contributed by atoms with E-state index in [4.69, 9.17) is 0 Å². The van der Waals surface area contributed by atoms with Crippen molar-refractivity contribution in [1.82, 2.24) is 4.31 Å². The van der Waals surface area contributed by atoms with Crippen LogP contribution < -0.4 is 10.6 Å². The van der Waals surface area contributed by atoms with Gasteiger partial charge in [-0.05, 0) is 61.0 Å². The minimum Gasteiger partial charge on any atom is -0.379 e. The van der Waals surface area contributed by atoms with Crippen LogP contribution in [0.1, 0.15) is 31.4 Å².